The second-order valence-corrected chi connectivity index (χ2v) is 3.46. The zero-order chi connectivity index (χ0) is 10.3. The van der Waals surface area contributed by atoms with Crippen LogP contribution in [0.1, 0.15) is 33.1 Å². The van der Waals surface area contributed by atoms with Gasteiger partial charge in [-0.1, -0.05) is 18.5 Å². The van der Waals surface area contributed by atoms with Crippen LogP contribution in [0, 0.1) is 0 Å². The van der Waals surface area contributed by atoms with Crippen molar-refractivity contribution in [2.45, 2.75) is 39.2 Å². The molecule has 13 heavy (non-hydrogen) atoms. The molecule has 0 aliphatic rings. The fraction of sp³-hybridized carbons (Fsp3) is 0.889. The molecule has 0 amide bonds. The van der Waals surface area contributed by atoms with Gasteiger partial charge in [0.15, 0.2) is 0 Å². The second kappa shape index (κ2) is 6.71. The van der Waals surface area contributed by atoms with Crippen LogP contribution in [0.4, 0.5) is 0 Å². The van der Waals surface area contributed by atoms with Crippen molar-refractivity contribution in [1.82, 2.24) is 4.90 Å². The Labute approximate surface area is 80.4 Å². The lowest BCUT2D eigenvalue weighted by Crippen LogP contribution is -2.32. The van der Waals surface area contributed by atoms with Crippen molar-refractivity contribution in [3.8, 4) is 0 Å². The Morgan fingerprint density at radius 2 is 2.23 bits per heavy atom. The molecule has 0 saturated carbocycles. The van der Waals surface area contributed by atoms with Gasteiger partial charge in [-0.25, -0.2) is 0 Å². The Kier molecular flexibility index (Phi) is 6.32. The molecule has 0 heterocycles. The van der Waals surface area contributed by atoms with Crippen LogP contribution in [0.25, 0.3) is 0 Å². The van der Waals surface area contributed by atoms with E-state index in [2.05, 4.69) is 31.0 Å². The van der Waals surface area contributed by atoms with E-state index in [1.807, 2.05) is 0 Å². The largest absolute Gasteiger partial charge is 0.409 e. The van der Waals surface area contributed by atoms with Crippen LogP contribution in [0.2, 0.25) is 0 Å². The highest BCUT2D eigenvalue weighted by Crippen LogP contribution is 2.03. The molecule has 0 aromatic heterocycles. The standard InChI is InChI=1S/C9H21N3O/c1-4-5-8(2)12(3)7-6-9(10)11-13/h8,13H,4-7H2,1-3H3,(H2,10,11). The van der Waals surface area contributed by atoms with Crippen LogP contribution in [0.3, 0.4) is 0 Å². The van der Waals surface area contributed by atoms with Crippen LogP contribution >= 0.6 is 0 Å². The Morgan fingerprint density at radius 1 is 1.62 bits per heavy atom. The first-order chi connectivity index (χ1) is 6.11. The van der Waals surface area contributed by atoms with E-state index in [0.29, 0.717) is 18.3 Å². The maximum Gasteiger partial charge on any atom is 0.140 e. The number of rotatable bonds is 6. The highest BCUT2D eigenvalue weighted by atomic mass is 16.4. The third-order valence-electron chi connectivity index (χ3n) is 2.31. The van der Waals surface area contributed by atoms with Crippen LogP contribution < -0.4 is 5.73 Å². The van der Waals surface area contributed by atoms with Gasteiger partial charge in [0.1, 0.15) is 5.84 Å². The Bertz CT molecular complexity index is 159. The van der Waals surface area contributed by atoms with Crippen molar-refractivity contribution < 1.29 is 5.21 Å². The summed E-state index contributed by atoms with van der Waals surface area (Å²) in [6.45, 7) is 5.21. The molecule has 1 unspecified atom stereocenters. The number of nitrogens with two attached hydrogens (primary N) is 1. The van der Waals surface area contributed by atoms with E-state index in [1.54, 1.807) is 0 Å². The zero-order valence-corrected chi connectivity index (χ0v) is 8.82. The van der Waals surface area contributed by atoms with Gasteiger partial charge in [-0.15, -0.1) is 0 Å². The molecule has 0 aromatic rings. The summed E-state index contributed by atoms with van der Waals surface area (Å²) in [5.74, 6) is 0.301. The van der Waals surface area contributed by atoms with Crippen molar-refractivity contribution in [3.63, 3.8) is 0 Å². The van der Waals surface area contributed by atoms with E-state index in [9.17, 15) is 0 Å². The Morgan fingerprint density at radius 3 is 2.69 bits per heavy atom. The molecular weight excluding hydrogens is 166 g/mol. The van der Waals surface area contributed by atoms with Crippen molar-refractivity contribution in [3.05, 3.63) is 0 Å². The lowest BCUT2D eigenvalue weighted by Gasteiger charge is -2.23. The molecule has 4 nitrogen and oxygen atoms in total. The van der Waals surface area contributed by atoms with Crippen molar-refractivity contribution in [2.24, 2.45) is 10.9 Å². The molecule has 1 atom stereocenters. The molecule has 0 aliphatic carbocycles. The number of hydrogen-bond acceptors (Lipinski definition) is 3. The highest BCUT2D eigenvalue weighted by Gasteiger charge is 2.07. The van der Waals surface area contributed by atoms with Gasteiger partial charge >= 0.3 is 0 Å². The SMILES string of the molecule is CCCC(C)N(C)CC/C(N)=N/O. The number of nitrogens with zero attached hydrogens (tertiary/aromatic N) is 2. The topological polar surface area (TPSA) is 61.8 Å². The molecule has 3 N–H and O–H groups in total. The van der Waals surface area contributed by atoms with Gasteiger partial charge in [0.25, 0.3) is 0 Å². The molecule has 0 saturated heterocycles. The quantitative estimate of drug-likeness (QED) is 0.285. The van der Waals surface area contributed by atoms with Gasteiger partial charge in [-0.3, -0.25) is 0 Å². The van der Waals surface area contributed by atoms with Crippen LogP contribution in [-0.2, 0) is 0 Å². The van der Waals surface area contributed by atoms with Crippen molar-refractivity contribution >= 4 is 5.84 Å². The zero-order valence-electron chi connectivity index (χ0n) is 8.82. The summed E-state index contributed by atoms with van der Waals surface area (Å²) in [5.41, 5.74) is 5.37. The molecule has 4 heteroatoms. The van der Waals surface area contributed by atoms with Gasteiger partial charge in [-0.05, 0) is 20.4 Å². The van der Waals surface area contributed by atoms with Crippen molar-refractivity contribution in [1.29, 1.82) is 0 Å². The van der Waals surface area contributed by atoms with Crippen molar-refractivity contribution in [2.75, 3.05) is 13.6 Å². The maximum absolute atomic E-state index is 8.33. The van der Waals surface area contributed by atoms with Crippen LogP contribution in [0.15, 0.2) is 5.16 Å². The first-order valence-electron chi connectivity index (χ1n) is 4.78. The summed E-state index contributed by atoms with van der Waals surface area (Å²) in [4.78, 5) is 2.22. The number of oxime groups is 1. The summed E-state index contributed by atoms with van der Waals surface area (Å²) >= 11 is 0. The first-order valence-corrected chi connectivity index (χ1v) is 4.78. The minimum absolute atomic E-state index is 0.301. The minimum atomic E-state index is 0.301. The highest BCUT2D eigenvalue weighted by molar-refractivity contribution is 5.79. The summed E-state index contributed by atoms with van der Waals surface area (Å²) in [5, 5.41) is 11.3. The van der Waals surface area contributed by atoms with Gasteiger partial charge in [0.2, 0.25) is 0 Å². The summed E-state index contributed by atoms with van der Waals surface area (Å²) < 4.78 is 0. The van der Waals surface area contributed by atoms with Gasteiger partial charge < -0.3 is 15.8 Å². The fourth-order valence-electron chi connectivity index (χ4n) is 1.20. The Hall–Kier alpha value is -0.770. The lowest BCUT2D eigenvalue weighted by molar-refractivity contribution is 0.249. The van der Waals surface area contributed by atoms with E-state index in [4.69, 9.17) is 10.9 Å². The number of amidine groups is 1. The lowest BCUT2D eigenvalue weighted by atomic mass is 10.1. The normalized spacial score (nSPS) is 14.9. The van der Waals surface area contributed by atoms with E-state index in [0.717, 1.165) is 6.54 Å². The van der Waals surface area contributed by atoms with E-state index in [1.165, 1.54) is 12.8 Å². The third kappa shape index (κ3) is 5.47. The fourth-order valence-corrected chi connectivity index (χ4v) is 1.20. The van der Waals surface area contributed by atoms with E-state index < -0.39 is 0 Å². The third-order valence-corrected chi connectivity index (χ3v) is 2.31. The van der Waals surface area contributed by atoms with E-state index >= 15 is 0 Å². The van der Waals surface area contributed by atoms with Gasteiger partial charge in [0.05, 0.1) is 0 Å². The predicted molar refractivity (Wildman–Crippen MR) is 55.0 cm³/mol. The Balaban J connectivity index is 3.66. The summed E-state index contributed by atoms with van der Waals surface area (Å²) in [6, 6.07) is 0.566. The summed E-state index contributed by atoms with van der Waals surface area (Å²) in [6.07, 6.45) is 3.00. The molecule has 0 spiro atoms. The average molecular weight is 187 g/mol. The van der Waals surface area contributed by atoms with E-state index in [-0.39, 0.29) is 0 Å². The molecule has 78 valence electrons. The molecule has 0 radical (unpaired) electrons. The first kappa shape index (κ1) is 12.2. The number of hydrogen-bond donors (Lipinski definition) is 2. The predicted octanol–water partition coefficient (Wildman–Crippen LogP) is 1.24. The molecule has 0 aromatic carbocycles. The molecule has 0 rings (SSSR count). The van der Waals surface area contributed by atoms with Crippen LogP contribution in [-0.4, -0.2) is 35.6 Å². The molecular formula is C9H21N3O. The van der Waals surface area contributed by atoms with Gasteiger partial charge in [0, 0.05) is 19.0 Å². The second-order valence-electron chi connectivity index (χ2n) is 3.46. The monoisotopic (exact) mass is 187 g/mol. The minimum Gasteiger partial charge on any atom is -0.409 e. The molecule has 0 bridgehead atoms. The average Bonchev–Trinajstić information content (AvgIpc) is 2.13. The summed E-state index contributed by atoms with van der Waals surface area (Å²) in [7, 11) is 2.06. The smallest absolute Gasteiger partial charge is 0.140 e. The van der Waals surface area contributed by atoms with Gasteiger partial charge in [-0.2, -0.15) is 0 Å². The molecule has 0 fully saturated rings. The molecule has 0 aliphatic heterocycles. The maximum atomic E-state index is 8.33. The van der Waals surface area contributed by atoms with Crippen LogP contribution in [0.5, 0.6) is 0 Å².